The van der Waals surface area contributed by atoms with Crippen LogP contribution in [-0.4, -0.2) is 24.7 Å². The van der Waals surface area contributed by atoms with Gasteiger partial charge in [-0.25, -0.2) is 4.79 Å². The van der Waals surface area contributed by atoms with E-state index in [4.69, 9.17) is 9.47 Å². The predicted octanol–water partition coefficient (Wildman–Crippen LogP) is 1.71. The SMILES string of the molecule is CCOC(=O)c1cc(=O)c2cccc(OC)c2[nH]1. The van der Waals surface area contributed by atoms with Gasteiger partial charge in [-0.05, 0) is 19.1 Å². The average Bonchev–Trinajstić information content (AvgIpc) is 2.38. The molecule has 2 aromatic rings. The van der Waals surface area contributed by atoms with Crippen molar-refractivity contribution < 1.29 is 14.3 Å². The van der Waals surface area contributed by atoms with E-state index in [1.54, 1.807) is 25.1 Å². The second kappa shape index (κ2) is 4.91. The van der Waals surface area contributed by atoms with Crippen molar-refractivity contribution in [3.8, 4) is 5.75 Å². The molecule has 0 aliphatic heterocycles. The minimum absolute atomic E-state index is 0.124. The highest BCUT2D eigenvalue weighted by Gasteiger charge is 2.12. The van der Waals surface area contributed by atoms with E-state index in [2.05, 4.69) is 4.98 Å². The zero-order chi connectivity index (χ0) is 13.1. The second-order valence-electron chi connectivity index (χ2n) is 3.65. The zero-order valence-corrected chi connectivity index (χ0v) is 10.1. The van der Waals surface area contributed by atoms with E-state index in [-0.39, 0.29) is 17.7 Å². The highest BCUT2D eigenvalue weighted by atomic mass is 16.5. The fraction of sp³-hybridized carbons (Fsp3) is 0.231. The molecule has 0 saturated heterocycles. The summed E-state index contributed by atoms with van der Waals surface area (Å²) in [5.74, 6) is -0.0434. The number of methoxy groups -OCH3 is 1. The Bertz CT molecular complexity index is 645. The summed E-state index contributed by atoms with van der Waals surface area (Å²) >= 11 is 0. The first-order chi connectivity index (χ1) is 8.67. The lowest BCUT2D eigenvalue weighted by molar-refractivity contribution is 0.0520. The van der Waals surface area contributed by atoms with Crippen molar-refractivity contribution in [1.82, 2.24) is 4.98 Å². The summed E-state index contributed by atoms with van der Waals surface area (Å²) in [5.41, 5.74) is 0.375. The van der Waals surface area contributed by atoms with Gasteiger partial charge in [0.05, 0.1) is 19.2 Å². The summed E-state index contributed by atoms with van der Waals surface area (Å²) < 4.78 is 10.0. The van der Waals surface area contributed by atoms with E-state index < -0.39 is 5.97 Å². The third-order valence-corrected chi connectivity index (χ3v) is 2.54. The lowest BCUT2D eigenvalue weighted by atomic mass is 10.2. The maximum atomic E-state index is 11.9. The molecule has 2 rings (SSSR count). The van der Waals surface area contributed by atoms with Gasteiger partial charge in [0.15, 0.2) is 5.43 Å². The molecule has 94 valence electrons. The number of rotatable bonds is 3. The standard InChI is InChI=1S/C13H13NO4/c1-3-18-13(16)9-7-10(15)8-5-4-6-11(17-2)12(8)14-9/h4-7H,3H2,1-2H3,(H,14,15). The van der Waals surface area contributed by atoms with Gasteiger partial charge in [-0.15, -0.1) is 0 Å². The molecule has 1 N–H and O–H groups in total. The largest absolute Gasteiger partial charge is 0.495 e. The van der Waals surface area contributed by atoms with Crippen LogP contribution in [0.5, 0.6) is 5.75 Å². The van der Waals surface area contributed by atoms with E-state index in [1.807, 2.05) is 0 Å². The van der Waals surface area contributed by atoms with Crippen molar-refractivity contribution in [3.63, 3.8) is 0 Å². The smallest absolute Gasteiger partial charge is 0.354 e. The summed E-state index contributed by atoms with van der Waals surface area (Å²) in [6.07, 6.45) is 0. The molecule has 0 atom stereocenters. The van der Waals surface area contributed by atoms with Crippen LogP contribution in [-0.2, 0) is 4.74 Å². The topological polar surface area (TPSA) is 68.4 Å². The molecule has 5 nitrogen and oxygen atoms in total. The monoisotopic (exact) mass is 247 g/mol. The maximum absolute atomic E-state index is 11.9. The summed E-state index contributed by atoms with van der Waals surface area (Å²) in [6.45, 7) is 1.96. The van der Waals surface area contributed by atoms with Gasteiger partial charge in [0.2, 0.25) is 0 Å². The van der Waals surface area contributed by atoms with Gasteiger partial charge in [-0.2, -0.15) is 0 Å². The predicted molar refractivity (Wildman–Crippen MR) is 67.1 cm³/mol. The third kappa shape index (κ3) is 2.07. The Hall–Kier alpha value is -2.30. The number of aromatic nitrogens is 1. The molecule has 1 heterocycles. The van der Waals surface area contributed by atoms with Gasteiger partial charge in [0, 0.05) is 11.5 Å². The molecule has 0 spiro atoms. The van der Waals surface area contributed by atoms with Crippen LogP contribution < -0.4 is 10.2 Å². The van der Waals surface area contributed by atoms with Gasteiger partial charge in [-0.1, -0.05) is 6.07 Å². The summed E-state index contributed by atoms with van der Waals surface area (Å²) in [5, 5.41) is 0.474. The Morgan fingerprint density at radius 2 is 2.17 bits per heavy atom. The van der Waals surface area contributed by atoms with Gasteiger partial charge < -0.3 is 14.5 Å². The van der Waals surface area contributed by atoms with Crippen molar-refractivity contribution in [3.05, 3.63) is 40.2 Å². The van der Waals surface area contributed by atoms with E-state index in [1.165, 1.54) is 13.2 Å². The Labute approximate surface area is 103 Å². The Morgan fingerprint density at radius 1 is 1.39 bits per heavy atom. The number of carbonyl (C=O) groups excluding carboxylic acids is 1. The van der Waals surface area contributed by atoms with Gasteiger partial charge in [0.1, 0.15) is 11.4 Å². The van der Waals surface area contributed by atoms with Crippen LogP contribution in [0.25, 0.3) is 10.9 Å². The number of para-hydroxylation sites is 1. The fourth-order valence-corrected chi connectivity index (χ4v) is 1.73. The molecule has 18 heavy (non-hydrogen) atoms. The van der Waals surface area contributed by atoms with Crippen LogP contribution in [0.2, 0.25) is 0 Å². The highest BCUT2D eigenvalue weighted by Crippen LogP contribution is 2.21. The molecule has 0 unspecified atom stereocenters. The van der Waals surface area contributed by atoms with E-state index in [0.717, 1.165) is 0 Å². The Kier molecular flexibility index (Phi) is 3.32. The number of benzene rings is 1. The maximum Gasteiger partial charge on any atom is 0.354 e. The van der Waals surface area contributed by atoms with Crippen LogP contribution >= 0.6 is 0 Å². The molecule has 0 bridgehead atoms. The third-order valence-electron chi connectivity index (χ3n) is 2.54. The number of nitrogens with one attached hydrogen (secondary N) is 1. The number of esters is 1. The minimum atomic E-state index is -0.553. The Morgan fingerprint density at radius 3 is 2.83 bits per heavy atom. The van der Waals surface area contributed by atoms with Crippen LogP contribution in [0.15, 0.2) is 29.1 Å². The highest BCUT2D eigenvalue weighted by molar-refractivity contribution is 5.92. The first-order valence-corrected chi connectivity index (χ1v) is 5.54. The van der Waals surface area contributed by atoms with Crippen LogP contribution in [0.1, 0.15) is 17.4 Å². The summed E-state index contributed by atoms with van der Waals surface area (Å²) in [4.78, 5) is 26.4. The van der Waals surface area contributed by atoms with Crippen molar-refractivity contribution in [2.24, 2.45) is 0 Å². The number of hydrogen-bond donors (Lipinski definition) is 1. The molecule has 0 saturated carbocycles. The van der Waals surface area contributed by atoms with E-state index in [0.29, 0.717) is 16.7 Å². The molecule has 0 radical (unpaired) electrons. The average molecular weight is 247 g/mol. The molecule has 0 fully saturated rings. The zero-order valence-electron chi connectivity index (χ0n) is 10.1. The van der Waals surface area contributed by atoms with Crippen molar-refractivity contribution >= 4 is 16.9 Å². The first kappa shape index (κ1) is 12.2. The molecular weight excluding hydrogens is 234 g/mol. The molecule has 0 amide bonds. The number of ether oxygens (including phenoxy) is 2. The van der Waals surface area contributed by atoms with E-state index >= 15 is 0 Å². The van der Waals surface area contributed by atoms with Gasteiger partial charge in [-0.3, -0.25) is 4.79 Å². The van der Waals surface area contributed by atoms with Crippen molar-refractivity contribution in [2.45, 2.75) is 6.92 Å². The number of H-pyrrole nitrogens is 1. The lowest BCUT2D eigenvalue weighted by Crippen LogP contribution is -2.13. The molecule has 5 heteroatoms. The molecular formula is C13H13NO4. The summed E-state index contributed by atoms with van der Waals surface area (Å²) in [6, 6.07) is 6.35. The van der Waals surface area contributed by atoms with Gasteiger partial charge >= 0.3 is 5.97 Å². The number of pyridine rings is 1. The summed E-state index contributed by atoms with van der Waals surface area (Å²) in [7, 11) is 1.50. The quantitative estimate of drug-likeness (QED) is 0.838. The first-order valence-electron chi connectivity index (χ1n) is 5.54. The molecule has 0 aliphatic rings. The minimum Gasteiger partial charge on any atom is -0.495 e. The van der Waals surface area contributed by atoms with Crippen LogP contribution in [0.4, 0.5) is 0 Å². The second-order valence-corrected chi connectivity index (χ2v) is 3.65. The van der Waals surface area contributed by atoms with Crippen LogP contribution in [0, 0.1) is 0 Å². The van der Waals surface area contributed by atoms with E-state index in [9.17, 15) is 9.59 Å². The normalized spacial score (nSPS) is 10.3. The number of carbonyl (C=O) groups is 1. The molecule has 1 aromatic heterocycles. The Balaban J connectivity index is 2.67. The number of aromatic amines is 1. The van der Waals surface area contributed by atoms with Crippen molar-refractivity contribution in [1.29, 1.82) is 0 Å². The molecule has 0 aliphatic carbocycles. The van der Waals surface area contributed by atoms with Crippen LogP contribution in [0.3, 0.4) is 0 Å². The van der Waals surface area contributed by atoms with Crippen molar-refractivity contribution in [2.75, 3.05) is 13.7 Å². The number of hydrogen-bond acceptors (Lipinski definition) is 4. The van der Waals surface area contributed by atoms with Gasteiger partial charge in [0.25, 0.3) is 0 Å². The fourth-order valence-electron chi connectivity index (χ4n) is 1.73. The number of fused-ring (bicyclic) bond motifs is 1. The lowest BCUT2D eigenvalue weighted by Gasteiger charge is -2.07. The molecule has 1 aromatic carbocycles.